The quantitative estimate of drug-likeness (QED) is 0.672. The standard InChI is InChI=1S/C15H24O3/c1-10-12-5-4-11-8-17-9-13(11)18-15(12,3)7-6-14(10,2)16/h4,10,12-13,16H,5-9H2,1-3H3. The number of rotatable bonds is 0. The molecule has 18 heavy (non-hydrogen) atoms. The van der Waals surface area contributed by atoms with Gasteiger partial charge >= 0.3 is 0 Å². The first-order valence-electron chi connectivity index (χ1n) is 7.09. The van der Waals surface area contributed by atoms with Crippen LogP contribution in [-0.2, 0) is 9.47 Å². The van der Waals surface area contributed by atoms with E-state index in [4.69, 9.17) is 9.47 Å². The summed E-state index contributed by atoms with van der Waals surface area (Å²) in [6.07, 6.45) is 5.21. The van der Waals surface area contributed by atoms with E-state index in [0.29, 0.717) is 12.5 Å². The fraction of sp³-hybridized carbons (Fsp3) is 0.867. The topological polar surface area (TPSA) is 38.7 Å². The van der Waals surface area contributed by atoms with Gasteiger partial charge in [0.25, 0.3) is 0 Å². The Hall–Kier alpha value is -0.380. The lowest BCUT2D eigenvalue weighted by atomic mass is 9.62. The molecule has 5 atom stereocenters. The molecule has 2 aliphatic heterocycles. The van der Waals surface area contributed by atoms with Crippen molar-refractivity contribution in [1.82, 2.24) is 0 Å². The summed E-state index contributed by atoms with van der Waals surface area (Å²) >= 11 is 0. The molecule has 3 heteroatoms. The van der Waals surface area contributed by atoms with Crippen molar-refractivity contribution in [3.63, 3.8) is 0 Å². The summed E-state index contributed by atoms with van der Waals surface area (Å²) in [5.41, 5.74) is 0.637. The molecule has 2 heterocycles. The molecule has 0 aromatic carbocycles. The lowest BCUT2D eigenvalue weighted by molar-refractivity contribution is -0.181. The molecule has 0 radical (unpaired) electrons. The minimum atomic E-state index is -0.554. The van der Waals surface area contributed by atoms with Gasteiger partial charge < -0.3 is 14.6 Å². The van der Waals surface area contributed by atoms with Gasteiger partial charge in [0.05, 0.1) is 24.4 Å². The molecule has 3 nitrogen and oxygen atoms in total. The van der Waals surface area contributed by atoms with Crippen LogP contribution in [0.3, 0.4) is 0 Å². The maximum atomic E-state index is 10.5. The van der Waals surface area contributed by atoms with E-state index < -0.39 is 5.60 Å². The molecule has 2 fully saturated rings. The summed E-state index contributed by atoms with van der Waals surface area (Å²) in [6, 6.07) is 0. The minimum absolute atomic E-state index is 0.113. The molecule has 1 saturated heterocycles. The van der Waals surface area contributed by atoms with Gasteiger partial charge in [0.15, 0.2) is 0 Å². The number of allylic oxidation sites excluding steroid dienone is 1. The number of hydrogen-bond acceptors (Lipinski definition) is 3. The molecule has 1 N–H and O–H groups in total. The predicted molar refractivity (Wildman–Crippen MR) is 69.3 cm³/mol. The van der Waals surface area contributed by atoms with E-state index in [2.05, 4.69) is 19.9 Å². The molecule has 1 saturated carbocycles. The first-order chi connectivity index (χ1) is 8.42. The van der Waals surface area contributed by atoms with Crippen molar-refractivity contribution >= 4 is 0 Å². The molecule has 0 spiro atoms. The van der Waals surface area contributed by atoms with Gasteiger partial charge in [0.2, 0.25) is 0 Å². The van der Waals surface area contributed by atoms with Crippen molar-refractivity contribution in [2.75, 3.05) is 13.2 Å². The smallest absolute Gasteiger partial charge is 0.105 e. The van der Waals surface area contributed by atoms with Crippen LogP contribution < -0.4 is 0 Å². The van der Waals surface area contributed by atoms with Gasteiger partial charge in [-0.2, -0.15) is 0 Å². The van der Waals surface area contributed by atoms with Gasteiger partial charge in [0.1, 0.15) is 6.10 Å². The summed E-state index contributed by atoms with van der Waals surface area (Å²) in [5.74, 6) is 0.673. The van der Waals surface area contributed by atoms with Gasteiger partial charge in [-0.1, -0.05) is 13.0 Å². The Morgan fingerprint density at radius 1 is 1.33 bits per heavy atom. The largest absolute Gasteiger partial charge is 0.390 e. The zero-order valence-electron chi connectivity index (χ0n) is 11.6. The molecule has 102 valence electrons. The van der Waals surface area contributed by atoms with Gasteiger partial charge in [0, 0.05) is 0 Å². The molecule has 1 aliphatic carbocycles. The fourth-order valence-corrected chi connectivity index (χ4v) is 3.86. The van der Waals surface area contributed by atoms with Crippen LogP contribution in [0.2, 0.25) is 0 Å². The highest BCUT2D eigenvalue weighted by molar-refractivity contribution is 5.18. The normalized spacial score (nSPS) is 52.2. The van der Waals surface area contributed by atoms with Gasteiger partial charge in [-0.15, -0.1) is 0 Å². The Morgan fingerprint density at radius 2 is 2.11 bits per heavy atom. The van der Waals surface area contributed by atoms with E-state index in [0.717, 1.165) is 25.9 Å². The zero-order valence-corrected chi connectivity index (χ0v) is 11.6. The lowest BCUT2D eigenvalue weighted by Gasteiger charge is -2.51. The Morgan fingerprint density at radius 3 is 2.89 bits per heavy atom. The fourth-order valence-electron chi connectivity index (χ4n) is 3.86. The van der Waals surface area contributed by atoms with E-state index in [1.54, 1.807) is 0 Å². The summed E-state index contributed by atoms with van der Waals surface area (Å²) in [4.78, 5) is 0. The third-order valence-corrected chi connectivity index (χ3v) is 5.49. The Balaban J connectivity index is 1.90. The number of fused-ring (bicyclic) bond motifs is 2. The maximum Gasteiger partial charge on any atom is 0.105 e. The van der Waals surface area contributed by atoms with E-state index in [9.17, 15) is 5.11 Å². The second kappa shape index (κ2) is 4.06. The Labute approximate surface area is 109 Å². The molecule has 0 aromatic heterocycles. The van der Waals surface area contributed by atoms with Crippen molar-refractivity contribution in [3.05, 3.63) is 11.6 Å². The van der Waals surface area contributed by atoms with Crippen LogP contribution in [0.5, 0.6) is 0 Å². The highest BCUT2D eigenvalue weighted by Crippen LogP contribution is 2.49. The zero-order chi connectivity index (χ0) is 13.0. The number of aliphatic hydroxyl groups is 1. The number of ether oxygens (including phenoxy) is 2. The van der Waals surface area contributed by atoms with Crippen LogP contribution in [0.25, 0.3) is 0 Å². The van der Waals surface area contributed by atoms with E-state index in [1.807, 2.05) is 6.92 Å². The Bertz CT molecular complexity index is 374. The van der Waals surface area contributed by atoms with Crippen molar-refractivity contribution in [2.24, 2.45) is 11.8 Å². The van der Waals surface area contributed by atoms with E-state index >= 15 is 0 Å². The molecule has 3 aliphatic rings. The molecular formula is C15H24O3. The molecule has 0 bridgehead atoms. The monoisotopic (exact) mass is 252 g/mol. The summed E-state index contributed by atoms with van der Waals surface area (Å²) in [5, 5.41) is 10.5. The van der Waals surface area contributed by atoms with E-state index in [-0.39, 0.29) is 17.6 Å². The molecule has 0 aromatic rings. The first-order valence-corrected chi connectivity index (χ1v) is 7.09. The van der Waals surface area contributed by atoms with Crippen LogP contribution in [-0.4, -0.2) is 35.6 Å². The third kappa shape index (κ3) is 1.84. The van der Waals surface area contributed by atoms with Crippen LogP contribution in [0.1, 0.15) is 40.0 Å². The first kappa shape index (κ1) is 12.6. The number of hydrogen-bond donors (Lipinski definition) is 1. The van der Waals surface area contributed by atoms with Crippen LogP contribution in [0, 0.1) is 11.8 Å². The lowest BCUT2D eigenvalue weighted by Crippen LogP contribution is -2.54. The van der Waals surface area contributed by atoms with Crippen molar-refractivity contribution in [2.45, 2.75) is 57.3 Å². The van der Waals surface area contributed by atoms with Gasteiger partial charge in [-0.3, -0.25) is 0 Å². The molecular weight excluding hydrogens is 228 g/mol. The third-order valence-electron chi connectivity index (χ3n) is 5.49. The molecule has 0 amide bonds. The Kier molecular flexibility index (Phi) is 2.85. The highest BCUT2D eigenvalue weighted by Gasteiger charge is 2.51. The SMILES string of the molecule is CC1C2CC=C3COCC3OC2(C)CCC1(C)O. The highest BCUT2D eigenvalue weighted by atomic mass is 16.6. The summed E-state index contributed by atoms with van der Waals surface area (Å²) in [7, 11) is 0. The minimum Gasteiger partial charge on any atom is -0.390 e. The van der Waals surface area contributed by atoms with Crippen molar-refractivity contribution < 1.29 is 14.6 Å². The van der Waals surface area contributed by atoms with Crippen LogP contribution in [0.15, 0.2) is 11.6 Å². The maximum absolute atomic E-state index is 10.5. The molecule has 5 unspecified atom stereocenters. The predicted octanol–water partition coefficient (Wildman–Crippen LogP) is 2.29. The van der Waals surface area contributed by atoms with Crippen molar-refractivity contribution in [3.8, 4) is 0 Å². The average molecular weight is 252 g/mol. The second-order valence-corrected chi connectivity index (χ2v) is 6.70. The van der Waals surface area contributed by atoms with Crippen molar-refractivity contribution in [1.29, 1.82) is 0 Å². The summed E-state index contributed by atoms with van der Waals surface area (Å²) < 4.78 is 11.9. The summed E-state index contributed by atoms with van der Waals surface area (Å²) in [6.45, 7) is 7.77. The average Bonchev–Trinajstić information content (AvgIpc) is 2.67. The molecule has 3 rings (SSSR count). The van der Waals surface area contributed by atoms with Crippen LogP contribution in [0.4, 0.5) is 0 Å². The van der Waals surface area contributed by atoms with Crippen LogP contribution >= 0.6 is 0 Å². The van der Waals surface area contributed by atoms with E-state index in [1.165, 1.54) is 5.57 Å². The van der Waals surface area contributed by atoms with Gasteiger partial charge in [-0.25, -0.2) is 0 Å². The second-order valence-electron chi connectivity index (χ2n) is 6.70. The van der Waals surface area contributed by atoms with Gasteiger partial charge in [-0.05, 0) is 50.5 Å².